The summed E-state index contributed by atoms with van der Waals surface area (Å²) in [6.07, 6.45) is 0.889. The number of carbonyl (C=O) groups excluding carboxylic acids is 1. The van der Waals surface area contributed by atoms with Crippen molar-refractivity contribution in [3.05, 3.63) is 33.9 Å². The van der Waals surface area contributed by atoms with E-state index in [0.717, 1.165) is 6.42 Å². The molecule has 1 aromatic rings. The van der Waals surface area contributed by atoms with Gasteiger partial charge in [-0.2, -0.15) is 0 Å². The highest BCUT2D eigenvalue weighted by Crippen LogP contribution is 2.23. The van der Waals surface area contributed by atoms with Crippen LogP contribution in [0.25, 0.3) is 0 Å². The Morgan fingerprint density at radius 2 is 2.29 bits per heavy atom. The Morgan fingerprint density at radius 1 is 1.52 bits per heavy atom. The number of rotatable bonds is 5. The highest BCUT2D eigenvalue weighted by atomic mass is 16.6. The van der Waals surface area contributed by atoms with Crippen LogP contribution in [0.2, 0.25) is 0 Å². The monoisotopic (exact) mass is 293 g/mol. The minimum Gasteiger partial charge on any atom is -0.388 e. The molecular formula is C14H19N3O4. The van der Waals surface area contributed by atoms with E-state index in [1.54, 1.807) is 13.1 Å². The van der Waals surface area contributed by atoms with Crippen molar-refractivity contribution in [3.63, 3.8) is 0 Å². The van der Waals surface area contributed by atoms with E-state index in [0.29, 0.717) is 18.9 Å². The molecule has 1 saturated heterocycles. The molecule has 0 spiro atoms. The molecular weight excluding hydrogens is 274 g/mol. The normalized spacial score (nSPS) is 19.0. The second-order valence-corrected chi connectivity index (χ2v) is 5.12. The van der Waals surface area contributed by atoms with Crippen LogP contribution in [-0.4, -0.2) is 37.1 Å². The molecule has 1 heterocycles. The van der Waals surface area contributed by atoms with Gasteiger partial charge in [-0.05, 0) is 25.5 Å². The maximum atomic E-state index is 12.3. The molecule has 21 heavy (non-hydrogen) atoms. The van der Waals surface area contributed by atoms with Crippen molar-refractivity contribution in [1.29, 1.82) is 0 Å². The molecule has 2 atom stereocenters. The molecule has 114 valence electrons. The van der Waals surface area contributed by atoms with Gasteiger partial charge in [-0.15, -0.1) is 0 Å². The predicted octanol–water partition coefficient (Wildman–Crippen LogP) is 1.79. The van der Waals surface area contributed by atoms with Crippen molar-refractivity contribution < 1.29 is 14.5 Å². The predicted molar refractivity (Wildman–Crippen MR) is 78.5 cm³/mol. The third-order valence-electron chi connectivity index (χ3n) is 3.76. The summed E-state index contributed by atoms with van der Waals surface area (Å²) in [5, 5.41) is 16.8. The van der Waals surface area contributed by atoms with Gasteiger partial charge in [-0.25, -0.2) is 0 Å². The number of nitro benzene ring substituents is 1. The van der Waals surface area contributed by atoms with Crippen molar-refractivity contribution in [2.24, 2.45) is 5.92 Å². The fourth-order valence-electron chi connectivity index (χ4n) is 2.38. The summed E-state index contributed by atoms with van der Waals surface area (Å²) in [6.45, 7) is 3.20. The van der Waals surface area contributed by atoms with E-state index >= 15 is 0 Å². The largest absolute Gasteiger partial charge is 0.388 e. The van der Waals surface area contributed by atoms with E-state index in [2.05, 4.69) is 10.6 Å². The highest BCUT2D eigenvalue weighted by molar-refractivity contribution is 5.99. The first-order chi connectivity index (χ1) is 10.0. The third kappa shape index (κ3) is 3.49. The van der Waals surface area contributed by atoms with Gasteiger partial charge >= 0.3 is 0 Å². The van der Waals surface area contributed by atoms with Crippen LogP contribution < -0.4 is 10.6 Å². The fourth-order valence-corrected chi connectivity index (χ4v) is 2.38. The van der Waals surface area contributed by atoms with Gasteiger partial charge in [0.25, 0.3) is 11.6 Å². The van der Waals surface area contributed by atoms with Gasteiger partial charge in [0.15, 0.2) is 0 Å². The Morgan fingerprint density at radius 3 is 2.86 bits per heavy atom. The number of benzene rings is 1. The lowest BCUT2D eigenvalue weighted by molar-refractivity contribution is -0.385. The number of hydrogen-bond donors (Lipinski definition) is 2. The molecule has 1 aliphatic rings. The first-order valence-corrected chi connectivity index (χ1v) is 6.87. The van der Waals surface area contributed by atoms with Crippen molar-refractivity contribution in [2.75, 3.05) is 25.6 Å². The number of amides is 1. The summed E-state index contributed by atoms with van der Waals surface area (Å²) in [5.74, 6) is -0.182. The Hall–Kier alpha value is -2.15. The molecule has 7 heteroatoms. The molecule has 0 aliphatic carbocycles. The van der Waals surface area contributed by atoms with Gasteiger partial charge in [-0.1, -0.05) is 0 Å². The van der Waals surface area contributed by atoms with E-state index in [4.69, 9.17) is 4.74 Å². The van der Waals surface area contributed by atoms with Gasteiger partial charge in [0.1, 0.15) is 5.56 Å². The Balaban J connectivity index is 2.18. The molecule has 2 rings (SSSR count). The molecule has 1 aromatic carbocycles. The molecule has 0 aromatic heterocycles. The number of nitro groups is 1. The topological polar surface area (TPSA) is 93.5 Å². The van der Waals surface area contributed by atoms with Crippen LogP contribution in [0.4, 0.5) is 11.4 Å². The minimum absolute atomic E-state index is 0.0672. The van der Waals surface area contributed by atoms with Gasteiger partial charge in [-0.3, -0.25) is 14.9 Å². The smallest absolute Gasteiger partial charge is 0.282 e. The molecule has 0 bridgehead atoms. The van der Waals surface area contributed by atoms with Gasteiger partial charge in [0.05, 0.1) is 11.5 Å². The zero-order valence-corrected chi connectivity index (χ0v) is 12.1. The molecule has 2 unspecified atom stereocenters. The lowest BCUT2D eigenvalue weighted by Gasteiger charge is -2.19. The molecule has 0 radical (unpaired) electrons. The lowest BCUT2D eigenvalue weighted by Crippen LogP contribution is -2.38. The van der Waals surface area contributed by atoms with E-state index < -0.39 is 10.8 Å². The summed E-state index contributed by atoms with van der Waals surface area (Å²) in [4.78, 5) is 22.8. The van der Waals surface area contributed by atoms with Gasteiger partial charge in [0.2, 0.25) is 0 Å². The fraction of sp³-hybridized carbons (Fsp3) is 0.500. The van der Waals surface area contributed by atoms with Crippen LogP contribution in [0, 0.1) is 16.0 Å². The Bertz CT molecular complexity index is 541. The van der Waals surface area contributed by atoms with Gasteiger partial charge in [0, 0.05) is 37.4 Å². The van der Waals surface area contributed by atoms with Crippen molar-refractivity contribution in [3.8, 4) is 0 Å². The van der Waals surface area contributed by atoms with Gasteiger partial charge < -0.3 is 15.4 Å². The average Bonchev–Trinajstić information content (AvgIpc) is 3.00. The maximum Gasteiger partial charge on any atom is 0.282 e. The Kier molecular flexibility index (Phi) is 4.74. The van der Waals surface area contributed by atoms with E-state index in [1.165, 1.54) is 12.1 Å². The summed E-state index contributed by atoms with van der Waals surface area (Å²) in [7, 11) is 1.70. The quantitative estimate of drug-likeness (QED) is 0.637. The van der Waals surface area contributed by atoms with E-state index in [9.17, 15) is 14.9 Å². The molecule has 1 fully saturated rings. The molecule has 2 N–H and O–H groups in total. The number of nitrogens with zero attached hydrogens (tertiary/aromatic N) is 1. The summed E-state index contributed by atoms with van der Waals surface area (Å²) in [5.41, 5.74) is 0.529. The lowest BCUT2D eigenvalue weighted by atomic mass is 10.00. The number of carbonyl (C=O) groups is 1. The number of nitrogens with one attached hydrogen (secondary N) is 2. The van der Waals surface area contributed by atoms with Crippen LogP contribution in [-0.2, 0) is 4.74 Å². The standard InChI is InChI=1S/C14H19N3O4/c1-9(10-5-6-21-8-10)16-14(18)12-7-11(15-2)3-4-13(12)17(19)20/h3-4,7,9-10,15H,5-6,8H2,1-2H3,(H,16,18). The first kappa shape index (κ1) is 15.2. The molecule has 1 aliphatic heterocycles. The molecule has 7 nitrogen and oxygen atoms in total. The molecule has 1 amide bonds. The zero-order valence-electron chi connectivity index (χ0n) is 12.1. The maximum absolute atomic E-state index is 12.3. The second-order valence-electron chi connectivity index (χ2n) is 5.12. The van der Waals surface area contributed by atoms with Crippen molar-refractivity contribution in [1.82, 2.24) is 5.32 Å². The van der Waals surface area contributed by atoms with Crippen LogP contribution in [0.1, 0.15) is 23.7 Å². The van der Waals surface area contributed by atoms with Crippen LogP contribution in [0.5, 0.6) is 0 Å². The number of ether oxygens (including phenoxy) is 1. The zero-order chi connectivity index (χ0) is 15.4. The first-order valence-electron chi connectivity index (χ1n) is 6.87. The van der Waals surface area contributed by atoms with E-state index in [-0.39, 0.29) is 23.2 Å². The van der Waals surface area contributed by atoms with Crippen molar-refractivity contribution >= 4 is 17.3 Å². The number of anilines is 1. The molecule has 0 saturated carbocycles. The van der Waals surface area contributed by atoms with Crippen molar-refractivity contribution in [2.45, 2.75) is 19.4 Å². The third-order valence-corrected chi connectivity index (χ3v) is 3.76. The SMILES string of the molecule is CNc1ccc([N+](=O)[O-])c(C(=O)NC(C)C2CCOC2)c1. The second kappa shape index (κ2) is 6.53. The summed E-state index contributed by atoms with van der Waals surface area (Å²) < 4.78 is 5.29. The highest BCUT2D eigenvalue weighted by Gasteiger charge is 2.26. The Labute approximate surface area is 122 Å². The van der Waals surface area contributed by atoms with Crippen LogP contribution >= 0.6 is 0 Å². The average molecular weight is 293 g/mol. The summed E-state index contributed by atoms with van der Waals surface area (Å²) in [6, 6.07) is 4.32. The number of hydrogen-bond acceptors (Lipinski definition) is 5. The van der Waals surface area contributed by atoms with E-state index in [1.807, 2.05) is 6.92 Å². The minimum atomic E-state index is -0.544. The summed E-state index contributed by atoms with van der Waals surface area (Å²) >= 11 is 0. The van der Waals surface area contributed by atoms with Crippen LogP contribution in [0.15, 0.2) is 18.2 Å². The van der Waals surface area contributed by atoms with Crippen LogP contribution in [0.3, 0.4) is 0 Å².